The molecule has 0 radical (unpaired) electrons. The summed E-state index contributed by atoms with van der Waals surface area (Å²) in [4.78, 5) is 23.6. The Bertz CT molecular complexity index is 757. The van der Waals surface area contributed by atoms with Crippen molar-refractivity contribution in [3.05, 3.63) is 18.2 Å². The van der Waals surface area contributed by atoms with E-state index in [1.165, 1.54) is 0 Å². The Morgan fingerprint density at radius 3 is 2.57 bits per heavy atom. The molecule has 0 spiro atoms. The van der Waals surface area contributed by atoms with Gasteiger partial charge in [0.1, 0.15) is 0 Å². The number of benzene rings is 1. The highest BCUT2D eigenvalue weighted by molar-refractivity contribution is 5.93. The number of carboxylic acid groups (broad SMARTS) is 1. The highest BCUT2D eigenvalue weighted by atomic mass is 19.4. The van der Waals surface area contributed by atoms with Gasteiger partial charge in [-0.05, 0) is 25.6 Å². The average Bonchev–Trinajstić information content (AvgIpc) is 3.17. The van der Waals surface area contributed by atoms with Gasteiger partial charge in [-0.1, -0.05) is 0 Å². The van der Waals surface area contributed by atoms with E-state index in [0.29, 0.717) is 5.75 Å². The molecule has 11 heteroatoms. The van der Waals surface area contributed by atoms with E-state index in [2.05, 4.69) is 17.3 Å². The molecule has 2 fully saturated rings. The van der Waals surface area contributed by atoms with Crippen molar-refractivity contribution in [1.29, 1.82) is 0 Å². The highest BCUT2D eigenvalue weighted by Crippen LogP contribution is 2.36. The van der Waals surface area contributed by atoms with Crippen molar-refractivity contribution >= 4 is 17.6 Å². The zero-order valence-corrected chi connectivity index (χ0v) is 14.9. The van der Waals surface area contributed by atoms with Crippen LogP contribution in [0.5, 0.6) is 11.5 Å². The van der Waals surface area contributed by atoms with Crippen molar-refractivity contribution in [3.8, 4) is 11.5 Å². The van der Waals surface area contributed by atoms with E-state index in [1.807, 2.05) is 12.1 Å². The molecule has 3 heterocycles. The number of likely N-dealkylation sites (tertiary alicyclic amines) is 1. The second-order valence-electron chi connectivity index (χ2n) is 6.72. The van der Waals surface area contributed by atoms with Crippen LogP contribution in [-0.2, 0) is 14.3 Å². The lowest BCUT2D eigenvalue weighted by Crippen LogP contribution is -2.42. The van der Waals surface area contributed by atoms with Crippen molar-refractivity contribution < 1.29 is 42.1 Å². The van der Waals surface area contributed by atoms with Crippen LogP contribution in [0, 0.1) is 5.92 Å². The fraction of sp³-hybridized carbons (Fsp3) is 0.529. The number of likely N-dealkylation sites (N-methyl/N-ethyl adjacent to an activating group) is 1. The predicted octanol–water partition coefficient (Wildman–Crippen LogP) is 1.71. The normalized spacial score (nSPS) is 25.6. The Hall–Kier alpha value is -2.53. The molecule has 28 heavy (non-hydrogen) atoms. The second-order valence-corrected chi connectivity index (χ2v) is 6.72. The molecule has 154 valence electrons. The lowest BCUT2D eigenvalue weighted by atomic mass is 9.99. The van der Waals surface area contributed by atoms with Gasteiger partial charge in [-0.15, -0.1) is 0 Å². The van der Waals surface area contributed by atoms with E-state index in [1.54, 1.807) is 6.07 Å². The second kappa shape index (κ2) is 7.84. The third kappa shape index (κ3) is 4.65. The molecule has 0 aromatic heterocycles. The summed E-state index contributed by atoms with van der Waals surface area (Å²) in [5, 5.41) is 10.1. The van der Waals surface area contributed by atoms with Crippen molar-refractivity contribution in [2.75, 3.05) is 32.2 Å². The van der Waals surface area contributed by atoms with Gasteiger partial charge in [0.05, 0.1) is 18.1 Å². The maximum atomic E-state index is 12.5. The Balaban J connectivity index is 0.000000279. The summed E-state index contributed by atoms with van der Waals surface area (Å²) in [6.07, 6.45) is -4.10. The maximum Gasteiger partial charge on any atom is 0.490 e. The van der Waals surface area contributed by atoms with Crippen LogP contribution in [-0.4, -0.2) is 67.2 Å². The van der Waals surface area contributed by atoms with E-state index in [4.69, 9.17) is 24.1 Å². The number of anilines is 1. The number of alkyl halides is 3. The smallest absolute Gasteiger partial charge is 0.475 e. The van der Waals surface area contributed by atoms with E-state index in [0.717, 1.165) is 30.9 Å². The Labute approximate surface area is 158 Å². The van der Waals surface area contributed by atoms with Gasteiger partial charge in [0.15, 0.2) is 11.5 Å². The number of hydrogen-bond acceptors (Lipinski definition) is 6. The van der Waals surface area contributed by atoms with Gasteiger partial charge >= 0.3 is 12.1 Å². The molecular formula is C17H19F3N2O6. The summed E-state index contributed by atoms with van der Waals surface area (Å²) < 4.78 is 48.2. The van der Waals surface area contributed by atoms with Crippen LogP contribution in [0.2, 0.25) is 0 Å². The topological polar surface area (TPSA) is 97.3 Å². The molecule has 2 bridgehead atoms. The molecule has 0 saturated carbocycles. The number of nitrogens with zero attached hydrogens (tertiary/aromatic N) is 1. The summed E-state index contributed by atoms with van der Waals surface area (Å²) in [5.41, 5.74) is 0.735. The number of hydrogen-bond donors (Lipinski definition) is 2. The third-order valence-corrected chi connectivity index (χ3v) is 4.56. The number of nitrogens with one attached hydrogen (secondary N) is 1. The van der Waals surface area contributed by atoms with Crippen LogP contribution in [0.4, 0.5) is 18.9 Å². The SMILES string of the molecule is CN1C[C@H]2C[C@H](C(=O)Nc3ccc4c(c3)OCO4)[C@@H](C1)O2.O=C(O)C(F)(F)F. The number of amides is 1. The molecule has 8 nitrogen and oxygen atoms in total. The van der Waals surface area contributed by atoms with E-state index >= 15 is 0 Å². The number of rotatable bonds is 2. The van der Waals surface area contributed by atoms with Crippen molar-refractivity contribution in [1.82, 2.24) is 4.90 Å². The molecular weight excluding hydrogens is 385 g/mol. The predicted molar refractivity (Wildman–Crippen MR) is 89.2 cm³/mol. The molecule has 1 aromatic carbocycles. The zero-order valence-electron chi connectivity index (χ0n) is 14.9. The van der Waals surface area contributed by atoms with Gasteiger partial charge in [0.25, 0.3) is 0 Å². The number of fused-ring (bicyclic) bond motifs is 3. The summed E-state index contributed by atoms with van der Waals surface area (Å²) in [6, 6.07) is 5.45. The Morgan fingerprint density at radius 2 is 1.89 bits per heavy atom. The van der Waals surface area contributed by atoms with Crippen molar-refractivity contribution in [3.63, 3.8) is 0 Å². The molecule has 3 aliphatic rings. The number of morpholine rings is 1. The number of halogens is 3. The minimum atomic E-state index is -5.08. The number of ether oxygens (including phenoxy) is 3. The summed E-state index contributed by atoms with van der Waals surface area (Å²) >= 11 is 0. The van der Waals surface area contributed by atoms with Crippen LogP contribution in [0.25, 0.3) is 0 Å². The molecule has 0 unspecified atom stereocenters. The monoisotopic (exact) mass is 404 g/mol. The number of aliphatic carboxylic acids is 1. The van der Waals surface area contributed by atoms with Crippen LogP contribution >= 0.6 is 0 Å². The minimum Gasteiger partial charge on any atom is -0.475 e. The van der Waals surface area contributed by atoms with Gasteiger partial charge < -0.3 is 29.5 Å². The zero-order chi connectivity index (χ0) is 20.5. The first-order chi connectivity index (χ1) is 13.1. The van der Waals surface area contributed by atoms with Gasteiger partial charge in [-0.3, -0.25) is 4.79 Å². The number of carbonyl (C=O) groups excluding carboxylic acids is 1. The van der Waals surface area contributed by atoms with Crippen molar-refractivity contribution in [2.45, 2.75) is 24.8 Å². The molecule has 3 aliphatic heterocycles. The third-order valence-electron chi connectivity index (χ3n) is 4.56. The van der Waals surface area contributed by atoms with Gasteiger partial charge in [-0.2, -0.15) is 13.2 Å². The minimum absolute atomic E-state index is 0.00256. The fourth-order valence-electron chi connectivity index (χ4n) is 3.33. The molecule has 4 rings (SSSR count). The van der Waals surface area contributed by atoms with Gasteiger partial charge in [-0.25, -0.2) is 4.79 Å². The van der Waals surface area contributed by atoms with Crippen LogP contribution in [0.1, 0.15) is 6.42 Å². The van der Waals surface area contributed by atoms with Gasteiger partial charge in [0, 0.05) is 24.8 Å². The first-order valence-electron chi connectivity index (χ1n) is 8.48. The molecule has 1 amide bonds. The first kappa shape index (κ1) is 20.2. The van der Waals surface area contributed by atoms with E-state index < -0.39 is 12.1 Å². The van der Waals surface area contributed by atoms with Crippen molar-refractivity contribution in [2.24, 2.45) is 5.92 Å². The summed E-state index contributed by atoms with van der Waals surface area (Å²) in [7, 11) is 2.07. The molecule has 2 saturated heterocycles. The highest BCUT2D eigenvalue weighted by Gasteiger charge is 2.43. The Kier molecular flexibility index (Phi) is 5.66. The molecule has 2 N–H and O–H groups in total. The van der Waals surface area contributed by atoms with E-state index in [9.17, 15) is 18.0 Å². The Morgan fingerprint density at radius 1 is 1.21 bits per heavy atom. The average molecular weight is 404 g/mol. The molecule has 0 aliphatic carbocycles. The summed E-state index contributed by atoms with van der Waals surface area (Å²) in [5.74, 6) is -1.42. The quantitative estimate of drug-likeness (QED) is 0.775. The maximum absolute atomic E-state index is 12.5. The van der Waals surface area contributed by atoms with Crippen LogP contribution in [0.15, 0.2) is 18.2 Å². The first-order valence-corrected chi connectivity index (χ1v) is 8.48. The molecule has 3 atom stereocenters. The number of carbonyl (C=O) groups is 2. The van der Waals surface area contributed by atoms with Crippen LogP contribution < -0.4 is 14.8 Å². The molecule has 1 aromatic rings. The lowest BCUT2D eigenvalue weighted by molar-refractivity contribution is -0.192. The summed E-state index contributed by atoms with van der Waals surface area (Å²) in [6.45, 7) is 1.96. The van der Waals surface area contributed by atoms with Gasteiger partial charge in [0.2, 0.25) is 12.7 Å². The number of carboxylic acids is 1. The fourth-order valence-corrected chi connectivity index (χ4v) is 3.33. The van der Waals surface area contributed by atoms with E-state index in [-0.39, 0.29) is 30.8 Å². The lowest BCUT2D eigenvalue weighted by Gasteiger charge is -2.29. The largest absolute Gasteiger partial charge is 0.490 e. The standard InChI is InChI=1S/C15H18N2O4.C2HF3O2/c1-17-6-10-5-11(14(7-17)21-10)15(18)16-9-2-3-12-13(4-9)20-8-19-12;3-2(4,5)1(6)7/h2-4,10-11,14H,5-8H2,1H3,(H,16,18);(H,6,7)/t10-,11+,14-;/m1./s1. The van der Waals surface area contributed by atoms with Crippen LogP contribution in [0.3, 0.4) is 0 Å².